The zero-order valence-electron chi connectivity index (χ0n) is 9.35. The fourth-order valence-corrected chi connectivity index (χ4v) is 2.10. The first-order chi connectivity index (χ1) is 8.24. The SMILES string of the molecule is NC(=O)C1(Cc2cc(C(F)(F)F)ccc2Cl)CC1. The van der Waals surface area contributed by atoms with E-state index in [0.717, 1.165) is 12.1 Å². The number of hydrogen-bond acceptors (Lipinski definition) is 1. The van der Waals surface area contributed by atoms with Gasteiger partial charge in [0.15, 0.2) is 0 Å². The molecule has 1 aliphatic carbocycles. The number of hydrogen-bond donors (Lipinski definition) is 1. The Morgan fingerprint density at radius 3 is 2.44 bits per heavy atom. The minimum atomic E-state index is -4.41. The van der Waals surface area contributed by atoms with Crippen molar-refractivity contribution in [2.24, 2.45) is 11.1 Å². The number of amides is 1. The average molecular weight is 278 g/mol. The van der Waals surface area contributed by atoms with Gasteiger partial charge in [-0.1, -0.05) is 11.6 Å². The quantitative estimate of drug-likeness (QED) is 0.906. The van der Waals surface area contributed by atoms with Crippen molar-refractivity contribution in [2.75, 3.05) is 0 Å². The number of rotatable bonds is 3. The van der Waals surface area contributed by atoms with E-state index in [1.165, 1.54) is 6.07 Å². The van der Waals surface area contributed by atoms with Crippen LogP contribution in [-0.4, -0.2) is 5.91 Å². The molecule has 0 aromatic heterocycles. The lowest BCUT2D eigenvalue weighted by Gasteiger charge is -2.14. The molecule has 6 heteroatoms. The molecule has 0 atom stereocenters. The van der Waals surface area contributed by atoms with Crippen LogP contribution in [0.25, 0.3) is 0 Å². The van der Waals surface area contributed by atoms with Gasteiger partial charge in [-0.15, -0.1) is 0 Å². The fraction of sp³-hybridized carbons (Fsp3) is 0.417. The van der Waals surface area contributed by atoms with Crippen LogP contribution < -0.4 is 5.73 Å². The molecule has 0 unspecified atom stereocenters. The van der Waals surface area contributed by atoms with Gasteiger partial charge in [-0.2, -0.15) is 13.2 Å². The Hall–Kier alpha value is -1.23. The summed E-state index contributed by atoms with van der Waals surface area (Å²) in [6.07, 6.45) is -3.03. The van der Waals surface area contributed by atoms with E-state index in [1.54, 1.807) is 0 Å². The number of nitrogens with two attached hydrogens (primary N) is 1. The molecule has 1 amide bonds. The highest BCUT2D eigenvalue weighted by Gasteiger charge is 2.48. The van der Waals surface area contributed by atoms with Crippen LogP contribution >= 0.6 is 11.6 Å². The molecule has 1 fully saturated rings. The summed E-state index contributed by atoms with van der Waals surface area (Å²) in [7, 11) is 0. The molecule has 0 heterocycles. The molecule has 18 heavy (non-hydrogen) atoms. The summed E-state index contributed by atoms with van der Waals surface area (Å²) in [4.78, 5) is 11.2. The Morgan fingerprint density at radius 1 is 1.39 bits per heavy atom. The predicted molar refractivity (Wildman–Crippen MR) is 61.0 cm³/mol. The maximum atomic E-state index is 12.6. The van der Waals surface area contributed by atoms with Crippen LogP contribution in [0.2, 0.25) is 5.02 Å². The van der Waals surface area contributed by atoms with E-state index >= 15 is 0 Å². The van der Waals surface area contributed by atoms with Crippen LogP contribution in [0, 0.1) is 5.41 Å². The highest BCUT2D eigenvalue weighted by atomic mass is 35.5. The number of halogens is 4. The van der Waals surface area contributed by atoms with Crippen LogP contribution in [0.4, 0.5) is 13.2 Å². The number of carbonyl (C=O) groups excluding carboxylic acids is 1. The number of carbonyl (C=O) groups is 1. The molecule has 0 spiro atoms. The Balaban J connectivity index is 2.31. The minimum absolute atomic E-state index is 0.172. The molecule has 0 saturated heterocycles. The number of benzene rings is 1. The highest BCUT2D eigenvalue weighted by molar-refractivity contribution is 6.31. The van der Waals surface area contributed by atoms with Gasteiger partial charge < -0.3 is 5.73 Å². The number of primary amides is 1. The first-order valence-corrected chi connectivity index (χ1v) is 5.78. The predicted octanol–water partition coefficient (Wildman–Crippen LogP) is 3.17. The molecule has 1 saturated carbocycles. The largest absolute Gasteiger partial charge is 0.416 e. The standard InChI is InChI=1S/C12H11ClF3NO/c13-9-2-1-8(12(14,15)16)5-7(9)6-11(3-4-11)10(17)18/h1-2,5H,3-4,6H2,(H2,17,18). The molecule has 0 radical (unpaired) electrons. The third-order valence-electron chi connectivity index (χ3n) is 3.28. The van der Waals surface area contributed by atoms with Crippen molar-refractivity contribution in [3.63, 3.8) is 0 Å². The van der Waals surface area contributed by atoms with E-state index in [-0.39, 0.29) is 11.4 Å². The first kappa shape index (κ1) is 13.2. The monoisotopic (exact) mass is 277 g/mol. The molecule has 0 bridgehead atoms. The molecule has 0 aliphatic heterocycles. The molecule has 2 nitrogen and oxygen atoms in total. The Labute approximate surface area is 107 Å². The summed E-state index contributed by atoms with van der Waals surface area (Å²) in [5.74, 6) is -0.476. The minimum Gasteiger partial charge on any atom is -0.369 e. The topological polar surface area (TPSA) is 43.1 Å². The van der Waals surface area contributed by atoms with Crippen LogP contribution in [0.5, 0.6) is 0 Å². The van der Waals surface area contributed by atoms with E-state index in [1.807, 2.05) is 0 Å². The van der Waals surface area contributed by atoms with Crippen molar-refractivity contribution in [2.45, 2.75) is 25.4 Å². The summed E-state index contributed by atoms with van der Waals surface area (Å²) in [5, 5.41) is 0.232. The lowest BCUT2D eigenvalue weighted by atomic mass is 9.94. The van der Waals surface area contributed by atoms with Crippen molar-refractivity contribution in [1.82, 2.24) is 0 Å². The zero-order valence-corrected chi connectivity index (χ0v) is 10.1. The zero-order chi connectivity index (χ0) is 13.6. The molecule has 1 aromatic carbocycles. The summed E-state index contributed by atoms with van der Waals surface area (Å²) >= 11 is 5.87. The summed E-state index contributed by atoms with van der Waals surface area (Å²) < 4.78 is 37.7. The van der Waals surface area contributed by atoms with Gasteiger partial charge >= 0.3 is 6.18 Å². The third kappa shape index (κ3) is 2.46. The normalized spacial score (nSPS) is 17.6. The van der Waals surface area contributed by atoms with E-state index in [0.29, 0.717) is 18.4 Å². The lowest BCUT2D eigenvalue weighted by molar-refractivity contribution is -0.137. The van der Waals surface area contributed by atoms with Gasteiger partial charge in [0.25, 0.3) is 0 Å². The summed E-state index contributed by atoms with van der Waals surface area (Å²) in [6.45, 7) is 0. The Bertz CT molecular complexity index is 495. The van der Waals surface area contributed by atoms with Gasteiger partial charge in [0, 0.05) is 5.02 Å². The summed E-state index contributed by atoms with van der Waals surface area (Å²) in [5.41, 5.74) is 4.11. The van der Waals surface area contributed by atoms with Crippen molar-refractivity contribution in [1.29, 1.82) is 0 Å². The van der Waals surface area contributed by atoms with E-state index < -0.39 is 23.1 Å². The fourth-order valence-electron chi connectivity index (χ4n) is 1.91. The van der Waals surface area contributed by atoms with Crippen molar-refractivity contribution < 1.29 is 18.0 Å². The molecule has 1 aliphatic rings. The van der Waals surface area contributed by atoms with Crippen LogP contribution in [0.1, 0.15) is 24.0 Å². The van der Waals surface area contributed by atoms with Crippen LogP contribution in [0.15, 0.2) is 18.2 Å². The molecular formula is C12H11ClF3NO. The molecule has 2 N–H and O–H groups in total. The van der Waals surface area contributed by atoms with Crippen molar-refractivity contribution in [3.8, 4) is 0 Å². The maximum Gasteiger partial charge on any atom is 0.416 e. The second-order valence-electron chi connectivity index (χ2n) is 4.63. The van der Waals surface area contributed by atoms with Gasteiger partial charge in [-0.25, -0.2) is 0 Å². The summed E-state index contributed by atoms with van der Waals surface area (Å²) in [6, 6.07) is 3.12. The van der Waals surface area contributed by atoms with Crippen LogP contribution in [-0.2, 0) is 17.4 Å². The van der Waals surface area contributed by atoms with E-state index in [2.05, 4.69) is 0 Å². The molecule has 1 aromatic rings. The molecular weight excluding hydrogens is 267 g/mol. The average Bonchev–Trinajstić information content (AvgIpc) is 3.00. The highest BCUT2D eigenvalue weighted by Crippen LogP contribution is 2.49. The Kier molecular flexibility index (Phi) is 3.05. The lowest BCUT2D eigenvalue weighted by Crippen LogP contribution is -2.26. The van der Waals surface area contributed by atoms with Crippen LogP contribution in [0.3, 0.4) is 0 Å². The second-order valence-corrected chi connectivity index (χ2v) is 5.03. The van der Waals surface area contributed by atoms with E-state index in [4.69, 9.17) is 17.3 Å². The van der Waals surface area contributed by atoms with Gasteiger partial charge in [0.2, 0.25) is 5.91 Å². The molecule has 2 rings (SSSR count). The van der Waals surface area contributed by atoms with Gasteiger partial charge in [0.05, 0.1) is 11.0 Å². The third-order valence-corrected chi connectivity index (χ3v) is 3.65. The molecule has 98 valence electrons. The van der Waals surface area contributed by atoms with Gasteiger partial charge in [0.1, 0.15) is 0 Å². The van der Waals surface area contributed by atoms with Gasteiger partial charge in [-0.05, 0) is 43.0 Å². The maximum absolute atomic E-state index is 12.6. The Morgan fingerprint density at radius 2 is 2.00 bits per heavy atom. The van der Waals surface area contributed by atoms with Crippen molar-refractivity contribution >= 4 is 17.5 Å². The first-order valence-electron chi connectivity index (χ1n) is 5.40. The smallest absolute Gasteiger partial charge is 0.369 e. The number of alkyl halides is 3. The van der Waals surface area contributed by atoms with E-state index in [9.17, 15) is 18.0 Å². The second kappa shape index (κ2) is 4.16. The van der Waals surface area contributed by atoms with Crippen molar-refractivity contribution in [3.05, 3.63) is 34.3 Å². The van der Waals surface area contributed by atoms with Gasteiger partial charge in [-0.3, -0.25) is 4.79 Å².